The van der Waals surface area contributed by atoms with Crippen LogP contribution in [0.4, 0.5) is 5.13 Å². The highest BCUT2D eigenvalue weighted by molar-refractivity contribution is 7.15. The van der Waals surface area contributed by atoms with Gasteiger partial charge in [-0.3, -0.25) is 19.3 Å². The van der Waals surface area contributed by atoms with Gasteiger partial charge in [0.15, 0.2) is 5.13 Å². The Morgan fingerprint density at radius 2 is 1.95 bits per heavy atom. The summed E-state index contributed by atoms with van der Waals surface area (Å²) in [7, 11) is 0. The molecule has 5 rings (SSSR count). The van der Waals surface area contributed by atoms with Gasteiger partial charge in [-0.1, -0.05) is 38.1 Å². The number of anilines is 1. The Morgan fingerprint density at radius 1 is 1.17 bits per heavy atom. The average Bonchev–Trinajstić information content (AvgIpc) is 3.37. The van der Waals surface area contributed by atoms with Crippen LogP contribution >= 0.6 is 11.3 Å². The topological polar surface area (TPSA) is 113 Å². The van der Waals surface area contributed by atoms with Gasteiger partial charge < -0.3 is 20.7 Å². The molecule has 220 valence electrons. The maximum Gasteiger partial charge on any atom is 0.255 e. The highest BCUT2D eigenvalue weighted by Crippen LogP contribution is 2.37. The molecule has 9 nitrogen and oxygen atoms in total. The van der Waals surface area contributed by atoms with Crippen LogP contribution in [0.25, 0.3) is 0 Å². The molecule has 1 atom stereocenters. The predicted octanol–water partition coefficient (Wildman–Crippen LogP) is 3.95. The van der Waals surface area contributed by atoms with E-state index in [9.17, 15) is 14.4 Å². The van der Waals surface area contributed by atoms with Crippen molar-refractivity contribution in [1.82, 2.24) is 20.5 Å². The van der Waals surface area contributed by atoms with E-state index in [4.69, 9.17) is 4.74 Å². The number of para-hydroxylation sites is 1. The first-order valence-corrected chi connectivity index (χ1v) is 15.6. The zero-order valence-corrected chi connectivity index (χ0v) is 24.9. The Balaban J connectivity index is 1.23. The van der Waals surface area contributed by atoms with Crippen molar-refractivity contribution in [3.63, 3.8) is 0 Å². The Kier molecular flexibility index (Phi) is 9.39. The number of rotatable bonds is 4. The highest BCUT2D eigenvalue weighted by Gasteiger charge is 2.41. The molecule has 2 aromatic rings. The van der Waals surface area contributed by atoms with Crippen molar-refractivity contribution in [3.05, 3.63) is 52.6 Å². The lowest BCUT2D eigenvalue weighted by atomic mass is 9.74. The Morgan fingerprint density at radius 3 is 2.73 bits per heavy atom. The number of aromatic nitrogens is 1. The zero-order chi connectivity index (χ0) is 28.8. The number of ether oxygens (including phenoxy) is 1. The standard InChI is InChI=1S/C31H41N5O4S/c1-21(2)24-20-40-25-11-5-3-9-22(25)28(38)32-16-8-7-13-31(29(39)33-24)14-17-36(18-15-31)19-27(37)35-30-34-23-10-4-6-12-26(23)41-30/h3,5,7-9,11,21,24H,4,6,10,12-20H2,1-2H3,(H,32,38)(H,33,39)(H,34,35,37)/b8-7+/t24-/m0/s1. The van der Waals surface area contributed by atoms with E-state index in [1.165, 1.54) is 11.3 Å². The number of carbonyl (C=O) groups is 3. The molecule has 10 heteroatoms. The molecule has 1 saturated heterocycles. The first-order chi connectivity index (χ1) is 19.8. The summed E-state index contributed by atoms with van der Waals surface area (Å²) in [5.74, 6) is 0.421. The largest absolute Gasteiger partial charge is 0.491 e. The van der Waals surface area contributed by atoms with Gasteiger partial charge in [-0.15, -0.1) is 11.3 Å². The Bertz CT molecular complexity index is 1260. The molecule has 0 unspecified atom stereocenters. The van der Waals surface area contributed by atoms with E-state index in [0.717, 1.165) is 25.0 Å². The number of benzene rings is 1. The number of piperidine rings is 1. The van der Waals surface area contributed by atoms with Crippen LogP contribution in [0, 0.1) is 11.3 Å². The molecule has 1 aromatic heterocycles. The van der Waals surface area contributed by atoms with Gasteiger partial charge in [-0.2, -0.15) is 0 Å². The van der Waals surface area contributed by atoms with Crippen LogP contribution in [0.15, 0.2) is 36.4 Å². The van der Waals surface area contributed by atoms with Gasteiger partial charge in [0, 0.05) is 11.4 Å². The van der Waals surface area contributed by atoms with Gasteiger partial charge in [-0.05, 0) is 76.1 Å². The van der Waals surface area contributed by atoms with Gasteiger partial charge in [-0.25, -0.2) is 4.98 Å². The number of thiazole rings is 1. The number of likely N-dealkylation sites (tertiary alicyclic amines) is 1. The second-order valence-corrected chi connectivity index (χ2v) is 12.8. The number of fused-ring (bicyclic) bond motifs is 2. The van der Waals surface area contributed by atoms with Crippen molar-refractivity contribution in [3.8, 4) is 5.75 Å². The molecule has 1 aromatic carbocycles. The molecule has 3 N–H and O–H groups in total. The van der Waals surface area contributed by atoms with E-state index in [1.54, 1.807) is 23.5 Å². The minimum absolute atomic E-state index is 0.0243. The third-order valence-electron chi connectivity index (χ3n) is 8.48. The van der Waals surface area contributed by atoms with E-state index >= 15 is 0 Å². The molecule has 41 heavy (non-hydrogen) atoms. The molecule has 0 radical (unpaired) electrons. The molecule has 1 spiro atoms. The lowest BCUT2D eigenvalue weighted by Crippen LogP contribution is -2.54. The van der Waals surface area contributed by atoms with Gasteiger partial charge in [0.2, 0.25) is 11.8 Å². The normalized spacial score (nSPS) is 22.5. The third-order valence-corrected chi connectivity index (χ3v) is 9.55. The molecule has 3 aliphatic rings. The number of hydrogen-bond acceptors (Lipinski definition) is 7. The van der Waals surface area contributed by atoms with E-state index in [-0.39, 0.29) is 42.8 Å². The second-order valence-electron chi connectivity index (χ2n) is 11.7. The number of hydrogen-bond donors (Lipinski definition) is 3. The number of allylic oxidation sites excluding steroid dienone is 1. The molecule has 3 heterocycles. The number of nitrogens with zero attached hydrogens (tertiary/aromatic N) is 2. The van der Waals surface area contributed by atoms with Crippen LogP contribution in [0.5, 0.6) is 5.75 Å². The minimum Gasteiger partial charge on any atom is -0.491 e. The average molecular weight is 580 g/mol. The summed E-state index contributed by atoms with van der Waals surface area (Å²) in [4.78, 5) is 47.6. The minimum atomic E-state index is -0.586. The van der Waals surface area contributed by atoms with Gasteiger partial charge in [0.05, 0.1) is 29.3 Å². The predicted molar refractivity (Wildman–Crippen MR) is 160 cm³/mol. The summed E-state index contributed by atoms with van der Waals surface area (Å²) < 4.78 is 6.09. The summed E-state index contributed by atoms with van der Waals surface area (Å²) >= 11 is 1.60. The monoisotopic (exact) mass is 579 g/mol. The first kappa shape index (κ1) is 29.3. The van der Waals surface area contributed by atoms with Crippen molar-refractivity contribution >= 4 is 34.2 Å². The van der Waals surface area contributed by atoms with Crippen molar-refractivity contribution in [2.75, 3.05) is 38.1 Å². The number of aryl methyl sites for hydroxylation is 2. The lowest BCUT2D eigenvalue weighted by Gasteiger charge is -2.41. The molecule has 0 bridgehead atoms. The molecule has 1 fully saturated rings. The summed E-state index contributed by atoms with van der Waals surface area (Å²) in [6, 6.07) is 6.97. The van der Waals surface area contributed by atoms with E-state index in [2.05, 4.69) is 39.7 Å². The molecule has 2 aliphatic heterocycles. The lowest BCUT2D eigenvalue weighted by molar-refractivity contribution is -0.135. The molecular formula is C31H41N5O4S. The molecule has 0 saturated carbocycles. The summed E-state index contributed by atoms with van der Waals surface area (Å²) in [5.41, 5.74) is 1.03. The second kappa shape index (κ2) is 13.2. The van der Waals surface area contributed by atoms with E-state index in [0.29, 0.717) is 55.3 Å². The zero-order valence-electron chi connectivity index (χ0n) is 24.0. The van der Waals surface area contributed by atoms with Gasteiger partial charge in [0.1, 0.15) is 12.4 Å². The SMILES string of the molecule is CC(C)[C@@H]1COc2ccccc2C(=O)NC/C=C/CC2(CCN(CC(=O)Nc3nc4c(s3)CCCC4)CC2)C(=O)N1. The Labute approximate surface area is 246 Å². The van der Waals surface area contributed by atoms with Gasteiger partial charge in [0.25, 0.3) is 5.91 Å². The summed E-state index contributed by atoms with van der Waals surface area (Å²) in [6.45, 7) is 6.33. The third kappa shape index (κ3) is 7.16. The fourth-order valence-electron chi connectivity index (χ4n) is 5.75. The molecule has 3 amide bonds. The highest BCUT2D eigenvalue weighted by atomic mass is 32.1. The van der Waals surface area contributed by atoms with E-state index in [1.807, 2.05) is 24.3 Å². The number of carbonyl (C=O) groups excluding carboxylic acids is 3. The van der Waals surface area contributed by atoms with Crippen LogP contribution in [0.2, 0.25) is 0 Å². The van der Waals surface area contributed by atoms with Gasteiger partial charge >= 0.3 is 0 Å². The maximum absolute atomic E-state index is 13.9. The fraction of sp³-hybridized carbons (Fsp3) is 0.548. The van der Waals surface area contributed by atoms with Crippen molar-refractivity contribution < 1.29 is 19.1 Å². The van der Waals surface area contributed by atoms with Crippen LogP contribution in [-0.2, 0) is 22.4 Å². The quantitative estimate of drug-likeness (QED) is 0.473. The summed E-state index contributed by atoms with van der Waals surface area (Å²) in [5, 5.41) is 9.91. The van der Waals surface area contributed by atoms with Crippen molar-refractivity contribution in [2.45, 2.75) is 64.8 Å². The molecular weight excluding hydrogens is 538 g/mol. The van der Waals surface area contributed by atoms with Crippen LogP contribution in [0.1, 0.15) is 66.9 Å². The van der Waals surface area contributed by atoms with E-state index < -0.39 is 5.41 Å². The van der Waals surface area contributed by atoms with Crippen LogP contribution < -0.4 is 20.7 Å². The van der Waals surface area contributed by atoms with Crippen LogP contribution in [0.3, 0.4) is 0 Å². The maximum atomic E-state index is 13.9. The van der Waals surface area contributed by atoms with Crippen molar-refractivity contribution in [2.24, 2.45) is 11.3 Å². The first-order valence-electron chi connectivity index (χ1n) is 14.8. The number of amides is 3. The Hall–Kier alpha value is -3.24. The molecule has 1 aliphatic carbocycles. The van der Waals surface area contributed by atoms with Crippen LogP contribution in [-0.4, -0.2) is 66.4 Å². The van der Waals surface area contributed by atoms with Crippen molar-refractivity contribution in [1.29, 1.82) is 0 Å². The smallest absolute Gasteiger partial charge is 0.255 e. The fourth-order valence-corrected chi connectivity index (χ4v) is 6.82. The summed E-state index contributed by atoms with van der Waals surface area (Å²) in [6.07, 6.45) is 10.2. The number of nitrogens with one attached hydrogen (secondary N) is 3.